The van der Waals surface area contributed by atoms with Crippen molar-refractivity contribution in [2.75, 3.05) is 13.2 Å². The highest BCUT2D eigenvalue weighted by molar-refractivity contribution is 6.74. The Morgan fingerprint density at radius 1 is 0.974 bits per heavy atom. The molecule has 0 aromatic heterocycles. The lowest BCUT2D eigenvalue weighted by molar-refractivity contribution is -0.131. The molecule has 0 saturated heterocycles. The third-order valence-electron chi connectivity index (χ3n) is 8.75. The van der Waals surface area contributed by atoms with Crippen LogP contribution in [0, 0.1) is 0 Å². The number of hydrogen-bond donors (Lipinski definition) is 1. The van der Waals surface area contributed by atoms with Crippen LogP contribution >= 0.6 is 0 Å². The lowest BCUT2D eigenvalue weighted by atomic mass is 9.62. The molecule has 0 spiro atoms. The third-order valence-corrected chi connectivity index (χ3v) is 13.3. The summed E-state index contributed by atoms with van der Waals surface area (Å²) < 4.78 is 12.8. The highest BCUT2D eigenvalue weighted by atomic mass is 28.4. The van der Waals surface area contributed by atoms with E-state index in [1.54, 1.807) is 6.92 Å². The van der Waals surface area contributed by atoms with Gasteiger partial charge >= 0.3 is 5.97 Å². The number of rotatable bonds is 12. The first kappa shape index (κ1) is 33.1. The average Bonchev–Trinajstić information content (AvgIpc) is 2.79. The summed E-state index contributed by atoms with van der Waals surface area (Å²) in [7, 11) is -1.69. The number of hydrogen-bond acceptors (Lipinski definition) is 3. The Hall–Kier alpha value is -2.11. The molecule has 0 atom stereocenters. The molecule has 0 saturated carbocycles. The second kappa shape index (κ2) is 13.0. The Kier molecular flexibility index (Phi) is 11.1. The molecule has 1 aromatic rings. The normalized spacial score (nSPS) is 17.8. The van der Waals surface area contributed by atoms with Crippen molar-refractivity contribution in [2.45, 2.75) is 123 Å². The Balaban J connectivity index is 2.22. The summed E-state index contributed by atoms with van der Waals surface area (Å²) in [6, 6.07) is 4.64. The molecule has 0 radical (unpaired) electrons. The number of unbranched alkanes of at least 4 members (excludes halogenated alkanes) is 2. The first-order valence-corrected chi connectivity index (χ1v) is 17.5. The first-order chi connectivity index (χ1) is 17.9. The summed E-state index contributed by atoms with van der Waals surface area (Å²) in [5, 5.41) is 9.22. The van der Waals surface area contributed by atoms with Crippen LogP contribution < -0.4 is 4.74 Å². The van der Waals surface area contributed by atoms with E-state index in [1.165, 1.54) is 17.2 Å². The van der Waals surface area contributed by atoms with Crippen molar-refractivity contribution >= 4 is 19.9 Å². The summed E-state index contributed by atoms with van der Waals surface area (Å²) in [5.74, 6) is 0.0108. The van der Waals surface area contributed by atoms with Gasteiger partial charge < -0.3 is 14.3 Å². The van der Waals surface area contributed by atoms with Crippen LogP contribution in [0.4, 0.5) is 0 Å². The van der Waals surface area contributed by atoms with E-state index in [-0.39, 0.29) is 15.9 Å². The third kappa shape index (κ3) is 9.21. The lowest BCUT2D eigenvalue weighted by Gasteiger charge is -2.42. The van der Waals surface area contributed by atoms with E-state index in [0.29, 0.717) is 12.2 Å². The fourth-order valence-corrected chi connectivity index (χ4v) is 5.89. The van der Waals surface area contributed by atoms with E-state index in [0.717, 1.165) is 55.6 Å². The van der Waals surface area contributed by atoms with Gasteiger partial charge in [0.05, 0.1) is 6.61 Å². The van der Waals surface area contributed by atoms with E-state index in [4.69, 9.17) is 14.3 Å². The zero-order valence-corrected chi connectivity index (χ0v) is 27.6. The van der Waals surface area contributed by atoms with Crippen LogP contribution in [-0.4, -0.2) is 32.6 Å². The Bertz CT molecular complexity index is 1100. The predicted molar refractivity (Wildman–Crippen MR) is 168 cm³/mol. The van der Waals surface area contributed by atoms with Gasteiger partial charge in [-0.3, -0.25) is 0 Å². The summed E-state index contributed by atoms with van der Waals surface area (Å²) >= 11 is 0. The van der Waals surface area contributed by atoms with E-state index >= 15 is 0 Å². The van der Waals surface area contributed by atoms with Crippen LogP contribution in [-0.2, 0) is 20.1 Å². The van der Waals surface area contributed by atoms with Gasteiger partial charge in [0.25, 0.3) is 0 Å². The number of carboxylic acids is 1. The molecule has 0 heterocycles. The molecule has 2 rings (SSSR count). The second-order valence-electron chi connectivity index (χ2n) is 14.1. The zero-order valence-electron chi connectivity index (χ0n) is 26.6. The molecule has 0 aliphatic heterocycles. The zero-order chi connectivity index (χ0) is 29.6. The molecule has 0 bridgehead atoms. The van der Waals surface area contributed by atoms with Crippen molar-refractivity contribution in [3.05, 3.63) is 58.7 Å². The minimum Gasteiger partial charge on any atom is -0.493 e. The fraction of sp³-hybridized carbons (Fsp3) is 0.618. The molecule has 0 amide bonds. The monoisotopic (exact) mass is 554 g/mol. The van der Waals surface area contributed by atoms with E-state index < -0.39 is 14.3 Å². The van der Waals surface area contributed by atoms with Crippen molar-refractivity contribution in [3.63, 3.8) is 0 Å². The highest BCUT2D eigenvalue weighted by Gasteiger charge is 2.38. The molecule has 5 heteroatoms. The first-order valence-electron chi connectivity index (χ1n) is 14.6. The molecule has 0 unspecified atom stereocenters. The van der Waals surface area contributed by atoms with E-state index in [2.05, 4.69) is 80.6 Å². The summed E-state index contributed by atoms with van der Waals surface area (Å²) in [5.41, 5.74) is 5.94. The van der Waals surface area contributed by atoms with Crippen molar-refractivity contribution < 1.29 is 19.1 Å². The number of allylic oxidation sites excluding steroid dienone is 5. The van der Waals surface area contributed by atoms with Crippen LogP contribution in [0.1, 0.15) is 111 Å². The highest BCUT2D eigenvalue weighted by Crippen LogP contribution is 2.48. The summed E-state index contributed by atoms with van der Waals surface area (Å²) in [4.78, 5) is 10.9. The van der Waals surface area contributed by atoms with Crippen LogP contribution in [0.2, 0.25) is 18.1 Å². The maximum Gasteiger partial charge on any atom is 0.328 e. The minimum absolute atomic E-state index is 0.110. The van der Waals surface area contributed by atoms with Gasteiger partial charge in [-0.05, 0) is 109 Å². The van der Waals surface area contributed by atoms with Gasteiger partial charge in [-0.1, -0.05) is 66.7 Å². The van der Waals surface area contributed by atoms with Gasteiger partial charge in [-0.2, -0.15) is 0 Å². The van der Waals surface area contributed by atoms with Crippen molar-refractivity contribution in [1.82, 2.24) is 0 Å². The number of aliphatic carboxylic acids is 1. The van der Waals surface area contributed by atoms with Crippen LogP contribution in [0.25, 0.3) is 5.57 Å². The quantitative estimate of drug-likeness (QED) is 0.121. The number of ether oxygens (including phenoxy) is 1. The fourth-order valence-electron chi connectivity index (χ4n) is 4.81. The van der Waals surface area contributed by atoms with Gasteiger partial charge in [0, 0.05) is 18.2 Å². The van der Waals surface area contributed by atoms with Crippen LogP contribution in [0.15, 0.2) is 42.0 Å². The maximum atomic E-state index is 10.9. The Morgan fingerprint density at radius 3 is 2.10 bits per heavy atom. The minimum atomic E-state index is -1.69. The van der Waals surface area contributed by atoms with E-state index in [1.807, 2.05) is 18.2 Å². The number of carbonyl (C=O) groups is 1. The van der Waals surface area contributed by atoms with Gasteiger partial charge in [0.15, 0.2) is 8.32 Å². The van der Waals surface area contributed by atoms with Gasteiger partial charge in [-0.15, -0.1) is 0 Å². The van der Waals surface area contributed by atoms with Gasteiger partial charge in [0.2, 0.25) is 0 Å². The van der Waals surface area contributed by atoms with Gasteiger partial charge in [0.1, 0.15) is 5.75 Å². The van der Waals surface area contributed by atoms with Gasteiger partial charge in [-0.25, -0.2) is 4.79 Å². The molecule has 1 aromatic carbocycles. The standard InChI is InChI=1S/C34H54O4Si/c1-25(22-31(35)36)16-15-17-26(2)27-23-28-29(34(8,9)19-18-33(28,6)7)24-30(27)37-20-13-12-14-21-38-39(10,11)32(3,4)5/h15-17,22-24H,12-14,18-21H2,1-11H3,(H,35,36)/b16-15?,25-22-,26-17?. The predicted octanol–water partition coefficient (Wildman–Crippen LogP) is 9.60. The number of benzene rings is 1. The lowest BCUT2D eigenvalue weighted by Crippen LogP contribution is -2.40. The molecule has 1 aliphatic carbocycles. The molecule has 4 nitrogen and oxygen atoms in total. The molecule has 1 aliphatic rings. The Morgan fingerprint density at radius 2 is 1.54 bits per heavy atom. The number of carboxylic acid groups (broad SMARTS) is 1. The Labute approximate surface area is 239 Å². The summed E-state index contributed by atoms with van der Waals surface area (Å²) in [6.45, 7) is 26.3. The molecule has 218 valence electrons. The topological polar surface area (TPSA) is 55.8 Å². The average molecular weight is 555 g/mol. The maximum absolute atomic E-state index is 10.9. The molecule has 0 fully saturated rings. The summed E-state index contributed by atoms with van der Waals surface area (Å²) in [6.07, 6.45) is 12.5. The number of fused-ring (bicyclic) bond motifs is 1. The van der Waals surface area contributed by atoms with Crippen molar-refractivity contribution in [3.8, 4) is 5.75 Å². The van der Waals surface area contributed by atoms with Crippen LogP contribution in [0.3, 0.4) is 0 Å². The molecular formula is C34H54O4Si. The molecule has 1 N–H and O–H groups in total. The molecular weight excluding hydrogens is 500 g/mol. The molecule has 39 heavy (non-hydrogen) atoms. The second-order valence-corrected chi connectivity index (χ2v) is 18.9. The van der Waals surface area contributed by atoms with Crippen molar-refractivity contribution in [1.29, 1.82) is 0 Å². The van der Waals surface area contributed by atoms with Crippen molar-refractivity contribution in [2.24, 2.45) is 0 Å². The smallest absolute Gasteiger partial charge is 0.328 e. The largest absolute Gasteiger partial charge is 0.493 e. The van der Waals surface area contributed by atoms with E-state index in [9.17, 15) is 4.79 Å². The SMILES string of the molecule is CC(=CC=C/C(C)=C\C(=O)O)c1cc2c(cc1OCCCCCO[Si](C)(C)C(C)(C)C)C(C)(C)CCC2(C)C. The van der Waals surface area contributed by atoms with Crippen LogP contribution in [0.5, 0.6) is 5.75 Å².